The molecule has 1 aliphatic heterocycles. The Balaban J connectivity index is 0.00000208. The minimum absolute atomic E-state index is 0. The number of nitrogens with one attached hydrogen (secondary N) is 1. The van der Waals surface area contributed by atoms with Crippen LogP contribution in [0.5, 0.6) is 0 Å². The summed E-state index contributed by atoms with van der Waals surface area (Å²) in [7, 11) is 1.31. The molecule has 0 saturated carbocycles. The highest BCUT2D eigenvalue weighted by molar-refractivity contribution is 6.06. The first-order valence-electron chi connectivity index (χ1n) is 6.73. The standard InChI is InChI=1S/C12H16N6O5.H2O/c1-22-10(14)6-5-9(13)15-3-16-11(5)18(17-6)12-8(21)7(20)4(2-19)23-12;/h3-4,7-8,12,14,19-21H,2H2,1H3,(H2,13,15,16);1H2/t4-,7-,8-,12-;/m1./s1. The van der Waals surface area contributed by atoms with Gasteiger partial charge in [0.05, 0.1) is 19.1 Å². The van der Waals surface area contributed by atoms with Gasteiger partial charge in [0.1, 0.15) is 30.5 Å². The predicted octanol–water partition coefficient (Wildman–Crippen LogP) is -2.83. The van der Waals surface area contributed by atoms with E-state index in [0.29, 0.717) is 0 Å². The van der Waals surface area contributed by atoms with Crippen molar-refractivity contribution in [2.75, 3.05) is 19.5 Å². The Hall–Kier alpha value is -2.38. The van der Waals surface area contributed by atoms with Crippen molar-refractivity contribution in [3.8, 4) is 0 Å². The van der Waals surface area contributed by atoms with Gasteiger partial charge in [0.15, 0.2) is 17.6 Å². The van der Waals surface area contributed by atoms with E-state index in [1.807, 2.05) is 0 Å². The van der Waals surface area contributed by atoms with E-state index < -0.39 is 31.1 Å². The molecule has 0 unspecified atom stereocenters. The fourth-order valence-corrected chi connectivity index (χ4v) is 2.51. The van der Waals surface area contributed by atoms with Gasteiger partial charge < -0.3 is 36.0 Å². The molecule has 0 spiro atoms. The lowest BCUT2D eigenvalue weighted by molar-refractivity contribution is -0.0567. The van der Waals surface area contributed by atoms with Gasteiger partial charge in [-0.05, 0) is 0 Å². The molecule has 2 aromatic heterocycles. The summed E-state index contributed by atoms with van der Waals surface area (Å²) < 4.78 is 11.5. The van der Waals surface area contributed by atoms with Crippen LogP contribution in [0, 0.1) is 5.41 Å². The summed E-state index contributed by atoms with van der Waals surface area (Å²) >= 11 is 0. The van der Waals surface area contributed by atoms with Crippen LogP contribution in [0.15, 0.2) is 6.33 Å². The summed E-state index contributed by atoms with van der Waals surface area (Å²) in [5.41, 5.74) is 6.12. The maximum absolute atomic E-state index is 10.1. The topological polar surface area (TPSA) is 204 Å². The molecule has 0 amide bonds. The number of nitrogens with two attached hydrogens (primary N) is 1. The number of aromatic nitrogens is 4. The van der Waals surface area contributed by atoms with Crippen LogP contribution in [-0.4, -0.2) is 78.5 Å². The fourth-order valence-electron chi connectivity index (χ4n) is 2.51. The average molecular weight is 342 g/mol. The Morgan fingerprint density at radius 2 is 2.12 bits per heavy atom. The van der Waals surface area contributed by atoms with E-state index in [4.69, 9.17) is 20.6 Å². The highest BCUT2D eigenvalue weighted by Gasteiger charge is 2.45. The highest BCUT2D eigenvalue weighted by Crippen LogP contribution is 2.32. The van der Waals surface area contributed by atoms with Crippen molar-refractivity contribution in [3.63, 3.8) is 0 Å². The summed E-state index contributed by atoms with van der Waals surface area (Å²) in [4.78, 5) is 7.91. The molecule has 12 heteroatoms. The molecule has 24 heavy (non-hydrogen) atoms. The lowest BCUT2D eigenvalue weighted by Gasteiger charge is -2.15. The summed E-state index contributed by atoms with van der Waals surface area (Å²) in [5.74, 6) is -0.174. The van der Waals surface area contributed by atoms with E-state index in [1.165, 1.54) is 18.1 Å². The molecule has 0 radical (unpaired) electrons. The molecule has 0 bridgehead atoms. The molecule has 4 atom stereocenters. The number of hydrogen-bond acceptors (Lipinski definition) is 10. The van der Waals surface area contributed by atoms with Crippen molar-refractivity contribution in [3.05, 3.63) is 12.0 Å². The third-order valence-corrected chi connectivity index (χ3v) is 3.70. The van der Waals surface area contributed by atoms with E-state index >= 15 is 0 Å². The molecule has 3 heterocycles. The molecule has 3 rings (SSSR count). The van der Waals surface area contributed by atoms with E-state index in [0.717, 1.165) is 0 Å². The van der Waals surface area contributed by atoms with E-state index in [2.05, 4.69) is 15.1 Å². The third-order valence-electron chi connectivity index (χ3n) is 3.70. The second kappa shape index (κ2) is 6.62. The van der Waals surface area contributed by atoms with Crippen LogP contribution < -0.4 is 5.73 Å². The number of nitrogens with zero attached hydrogens (tertiary/aromatic N) is 4. The maximum atomic E-state index is 10.1. The Bertz CT molecular complexity index is 751. The quantitative estimate of drug-likeness (QED) is 0.287. The summed E-state index contributed by atoms with van der Waals surface area (Å²) in [5, 5.41) is 41.4. The zero-order chi connectivity index (χ0) is 16.7. The molecule has 0 aromatic carbocycles. The van der Waals surface area contributed by atoms with Gasteiger partial charge in [-0.2, -0.15) is 5.10 Å². The molecule has 132 valence electrons. The van der Waals surface area contributed by atoms with Gasteiger partial charge in [-0.1, -0.05) is 0 Å². The number of hydrogen-bond donors (Lipinski definition) is 5. The van der Waals surface area contributed by atoms with Gasteiger partial charge in [-0.15, -0.1) is 0 Å². The summed E-state index contributed by atoms with van der Waals surface area (Å²) in [6.45, 7) is -0.466. The summed E-state index contributed by atoms with van der Waals surface area (Å²) in [6.07, 6.45) is -3.47. The van der Waals surface area contributed by atoms with Crippen LogP contribution >= 0.6 is 0 Å². The monoisotopic (exact) mass is 342 g/mol. The van der Waals surface area contributed by atoms with Crippen LogP contribution in [0.25, 0.3) is 11.0 Å². The van der Waals surface area contributed by atoms with Gasteiger partial charge in [0.2, 0.25) is 5.90 Å². The van der Waals surface area contributed by atoms with Crippen LogP contribution in [0.4, 0.5) is 5.82 Å². The van der Waals surface area contributed by atoms with Crippen LogP contribution in [0.2, 0.25) is 0 Å². The Morgan fingerprint density at radius 3 is 2.71 bits per heavy atom. The van der Waals surface area contributed by atoms with Gasteiger partial charge in [0.25, 0.3) is 0 Å². The zero-order valence-corrected chi connectivity index (χ0v) is 12.6. The minimum Gasteiger partial charge on any atom is -0.480 e. The first-order valence-corrected chi connectivity index (χ1v) is 6.73. The van der Waals surface area contributed by atoms with Crippen molar-refractivity contribution in [1.29, 1.82) is 5.41 Å². The average Bonchev–Trinajstić information content (AvgIpc) is 3.07. The van der Waals surface area contributed by atoms with Gasteiger partial charge in [-0.25, -0.2) is 14.6 Å². The number of nitrogen functional groups attached to an aromatic ring is 1. The lowest BCUT2D eigenvalue weighted by atomic mass is 10.1. The van der Waals surface area contributed by atoms with Crippen LogP contribution in [0.1, 0.15) is 11.9 Å². The number of methoxy groups -OCH3 is 1. The molecule has 1 saturated heterocycles. The number of rotatable bonds is 3. The van der Waals surface area contributed by atoms with Gasteiger partial charge in [-0.3, -0.25) is 5.41 Å². The van der Waals surface area contributed by atoms with Crippen LogP contribution in [-0.2, 0) is 9.47 Å². The SMILES string of the molecule is COC(=N)c1nn([C@@H]2O[C@H](CO)[C@@H](O)[C@H]2O)c2ncnc(N)c12.O. The second-order valence-electron chi connectivity index (χ2n) is 5.01. The van der Waals surface area contributed by atoms with Crippen LogP contribution in [0.3, 0.4) is 0 Å². The van der Waals surface area contributed by atoms with Crippen molar-refractivity contribution in [2.24, 2.45) is 0 Å². The first-order chi connectivity index (χ1) is 11.0. The number of aliphatic hydroxyl groups excluding tert-OH is 3. The minimum atomic E-state index is -1.34. The van der Waals surface area contributed by atoms with Gasteiger partial charge >= 0.3 is 0 Å². The molecule has 8 N–H and O–H groups in total. The fraction of sp³-hybridized carbons (Fsp3) is 0.500. The number of fused-ring (bicyclic) bond motifs is 1. The molecule has 1 fully saturated rings. The normalized spacial score (nSPS) is 26.3. The van der Waals surface area contributed by atoms with E-state index in [-0.39, 0.29) is 33.9 Å². The molecule has 2 aromatic rings. The van der Waals surface area contributed by atoms with E-state index in [9.17, 15) is 15.3 Å². The predicted molar refractivity (Wildman–Crippen MR) is 80.2 cm³/mol. The molecule has 1 aliphatic rings. The molecular weight excluding hydrogens is 324 g/mol. The first kappa shape index (κ1) is 18.0. The number of ether oxygens (including phenoxy) is 2. The van der Waals surface area contributed by atoms with Gasteiger partial charge in [0, 0.05) is 0 Å². The largest absolute Gasteiger partial charge is 0.480 e. The smallest absolute Gasteiger partial charge is 0.234 e. The molecule has 12 nitrogen and oxygen atoms in total. The lowest BCUT2D eigenvalue weighted by Crippen LogP contribution is -2.33. The number of aliphatic hydroxyl groups is 3. The van der Waals surface area contributed by atoms with Crippen molar-refractivity contribution in [1.82, 2.24) is 19.7 Å². The Labute approximate surface area is 135 Å². The molecule has 0 aliphatic carbocycles. The maximum Gasteiger partial charge on any atom is 0.234 e. The Morgan fingerprint density at radius 1 is 1.42 bits per heavy atom. The number of anilines is 1. The molecular formula is C12H18N6O6. The Kier molecular flexibility index (Phi) is 4.96. The van der Waals surface area contributed by atoms with Crippen molar-refractivity contribution in [2.45, 2.75) is 24.5 Å². The van der Waals surface area contributed by atoms with Crippen molar-refractivity contribution >= 4 is 22.7 Å². The third kappa shape index (κ3) is 2.55. The summed E-state index contributed by atoms with van der Waals surface area (Å²) in [6, 6.07) is 0. The zero-order valence-electron chi connectivity index (χ0n) is 12.6. The van der Waals surface area contributed by atoms with E-state index in [1.54, 1.807) is 0 Å². The highest BCUT2D eigenvalue weighted by atomic mass is 16.6. The van der Waals surface area contributed by atoms with Crippen molar-refractivity contribution < 1.29 is 30.3 Å². The second-order valence-corrected chi connectivity index (χ2v) is 5.01.